The molecule has 0 heterocycles. The zero-order valence-corrected chi connectivity index (χ0v) is 17.3. The number of nitro groups is 1. The Morgan fingerprint density at radius 2 is 2.03 bits per heavy atom. The lowest BCUT2D eigenvalue weighted by Gasteiger charge is -2.28. The van der Waals surface area contributed by atoms with E-state index in [0.29, 0.717) is 11.8 Å². The molecule has 2 bridgehead atoms. The molecule has 2 amide bonds. The van der Waals surface area contributed by atoms with Crippen LogP contribution in [-0.4, -0.2) is 41.9 Å². The lowest BCUT2D eigenvalue weighted by atomic mass is 9.84. The van der Waals surface area contributed by atoms with Crippen LogP contribution in [0.2, 0.25) is 5.02 Å². The number of nitro benzene ring substituents is 1. The van der Waals surface area contributed by atoms with Gasteiger partial charge in [0.05, 0.1) is 4.92 Å². The molecule has 0 aliphatic heterocycles. The first-order valence-electron chi connectivity index (χ1n) is 9.91. The smallest absolute Gasteiger partial charge is 0.325 e. The molecule has 0 saturated heterocycles. The number of fused-ring (bicyclic) bond motifs is 2. The van der Waals surface area contributed by atoms with Crippen LogP contribution in [0, 0.1) is 27.9 Å². The molecule has 4 atom stereocenters. The molecule has 9 nitrogen and oxygen atoms in total. The Hall–Kier alpha value is -2.68. The summed E-state index contributed by atoms with van der Waals surface area (Å²) >= 11 is 5.77. The summed E-state index contributed by atoms with van der Waals surface area (Å²) in [4.78, 5) is 46.1. The van der Waals surface area contributed by atoms with Gasteiger partial charge in [-0.05, 0) is 50.0 Å². The van der Waals surface area contributed by atoms with E-state index in [1.807, 2.05) is 6.92 Å². The van der Waals surface area contributed by atoms with Crippen LogP contribution in [0.3, 0.4) is 0 Å². The SMILES string of the molecule is CC(NC(=O)COC(=O)CNC(=O)c1cc(Cl)cc([N+](=O)[O-])c1)C1CC2CCC1C2. The maximum Gasteiger partial charge on any atom is 0.325 e. The van der Waals surface area contributed by atoms with Crippen LogP contribution in [-0.2, 0) is 14.3 Å². The van der Waals surface area contributed by atoms with Crippen molar-refractivity contribution in [2.75, 3.05) is 13.2 Å². The second-order valence-corrected chi connectivity index (χ2v) is 8.43. The Bertz CT molecular complexity index is 861. The van der Waals surface area contributed by atoms with E-state index in [-0.39, 0.29) is 28.2 Å². The summed E-state index contributed by atoms with van der Waals surface area (Å²) in [6, 6.07) is 3.45. The first-order valence-corrected chi connectivity index (χ1v) is 10.3. The summed E-state index contributed by atoms with van der Waals surface area (Å²) in [5, 5.41) is 16.1. The molecule has 2 N–H and O–H groups in total. The summed E-state index contributed by atoms with van der Waals surface area (Å²) in [7, 11) is 0. The third kappa shape index (κ3) is 5.47. The number of carbonyl (C=O) groups is 3. The summed E-state index contributed by atoms with van der Waals surface area (Å²) in [6.07, 6.45) is 4.89. The molecule has 2 aliphatic rings. The number of carbonyl (C=O) groups excluding carboxylic acids is 3. The highest BCUT2D eigenvalue weighted by atomic mass is 35.5. The van der Waals surface area contributed by atoms with Crippen LogP contribution in [0.4, 0.5) is 5.69 Å². The van der Waals surface area contributed by atoms with Gasteiger partial charge in [0.1, 0.15) is 6.54 Å². The van der Waals surface area contributed by atoms with E-state index < -0.39 is 30.0 Å². The number of benzene rings is 1. The highest BCUT2D eigenvalue weighted by molar-refractivity contribution is 6.31. The van der Waals surface area contributed by atoms with E-state index in [9.17, 15) is 24.5 Å². The van der Waals surface area contributed by atoms with E-state index in [1.165, 1.54) is 25.3 Å². The molecule has 3 rings (SSSR count). The van der Waals surface area contributed by atoms with Gasteiger partial charge >= 0.3 is 5.97 Å². The molecular formula is C20H24ClN3O6. The van der Waals surface area contributed by atoms with E-state index in [4.69, 9.17) is 16.3 Å². The van der Waals surface area contributed by atoms with Crippen LogP contribution in [0.25, 0.3) is 0 Å². The predicted molar refractivity (Wildman–Crippen MR) is 108 cm³/mol. The van der Waals surface area contributed by atoms with Gasteiger partial charge in [-0.25, -0.2) is 0 Å². The Morgan fingerprint density at radius 1 is 1.27 bits per heavy atom. The summed E-state index contributed by atoms with van der Waals surface area (Å²) in [6.45, 7) is 1.08. The first-order chi connectivity index (χ1) is 14.2. The van der Waals surface area contributed by atoms with E-state index >= 15 is 0 Å². The van der Waals surface area contributed by atoms with Gasteiger partial charge in [-0.2, -0.15) is 0 Å². The van der Waals surface area contributed by atoms with Gasteiger partial charge in [-0.3, -0.25) is 24.5 Å². The molecule has 1 aromatic carbocycles. The number of hydrogen-bond donors (Lipinski definition) is 2. The number of ether oxygens (including phenoxy) is 1. The molecule has 0 spiro atoms. The third-order valence-electron chi connectivity index (χ3n) is 5.94. The number of amides is 2. The van der Waals surface area contributed by atoms with Gasteiger partial charge in [0.2, 0.25) is 0 Å². The minimum atomic E-state index is -0.789. The zero-order chi connectivity index (χ0) is 21.8. The van der Waals surface area contributed by atoms with Gasteiger partial charge in [0, 0.05) is 28.8 Å². The number of rotatable bonds is 8. The van der Waals surface area contributed by atoms with Crippen molar-refractivity contribution in [3.05, 3.63) is 38.9 Å². The molecule has 0 aromatic heterocycles. The number of nitrogens with zero attached hydrogens (tertiary/aromatic N) is 1. The van der Waals surface area contributed by atoms with Crippen LogP contribution in [0.1, 0.15) is 43.0 Å². The zero-order valence-electron chi connectivity index (χ0n) is 16.6. The van der Waals surface area contributed by atoms with E-state index in [2.05, 4.69) is 10.6 Å². The van der Waals surface area contributed by atoms with Crippen molar-refractivity contribution in [2.24, 2.45) is 17.8 Å². The Kier molecular flexibility index (Phi) is 6.91. The Balaban J connectivity index is 1.40. The normalized spacial score (nSPS) is 22.9. The number of nitrogens with one attached hydrogen (secondary N) is 2. The van der Waals surface area contributed by atoms with Crippen molar-refractivity contribution < 1.29 is 24.0 Å². The minimum Gasteiger partial charge on any atom is -0.454 e. The molecule has 0 radical (unpaired) electrons. The summed E-state index contributed by atoms with van der Waals surface area (Å²) in [5.41, 5.74) is -0.393. The van der Waals surface area contributed by atoms with Crippen LogP contribution < -0.4 is 10.6 Å². The van der Waals surface area contributed by atoms with E-state index in [1.54, 1.807) is 0 Å². The fourth-order valence-electron chi connectivity index (χ4n) is 4.57. The van der Waals surface area contributed by atoms with Gasteiger partial charge in [0.25, 0.3) is 17.5 Å². The van der Waals surface area contributed by atoms with Crippen molar-refractivity contribution in [3.63, 3.8) is 0 Å². The molecule has 2 saturated carbocycles. The second-order valence-electron chi connectivity index (χ2n) is 7.99. The lowest BCUT2D eigenvalue weighted by molar-refractivity contribution is -0.384. The fraction of sp³-hybridized carbons (Fsp3) is 0.550. The standard InChI is InChI=1S/C20H24ClN3O6/c1-11(17-5-12-2-3-13(17)4-12)23-18(25)10-30-19(26)9-22-20(27)14-6-15(21)8-16(7-14)24(28)29/h6-8,11-13,17H,2-5,9-10H2,1H3,(H,22,27)(H,23,25). The van der Waals surface area contributed by atoms with E-state index in [0.717, 1.165) is 24.5 Å². The first kappa shape index (κ1) is 22.0. The molecule has 1 aromatic rings. The van der Waals surface area contributed by atoms with Gasteiger partial charge in [0.15, 0.2) is 6.61 Å². The van der Waals surface area contributed by atoms with Gasteiger partial charge in [-0.15, -0.1) is 0 Å². The quantitative estimate of drug-likeness (QED) is 0.365. The predicted octanol–water partition coefficient (Wildman–Crippen LogP) is 2.46. The molecule has 30 heavy (non-hydrogen) atoms. The van der Waals surface area contributed by atoms with Crippen LogP contribution >= 0.6 is 11.6 Å². The average molecular weight is 438 g/mol. The molecule has 4 unspecified atom stereocenters. The van der Waals surface area contributed by atoms with Gasteiger partial charge < -0.3 is 15.4 Å². The molecular weight excluding hydrogens is 414 g/mol. The number of hydrogen-bond acceptors (Lipinski definition) is 6. The molecule has 2 fully saturated rings. The topological polar surface area (TPSA) is 128 Å². The fourth-order valence-corrected chi connectivity index (χ4v) is 4.80. The lowest BCUT2D eigenvalue weighted by Crippen LogP contribution is -2.42. The third-order valence-corrected chi connectivity index (χ3v) is 6.15. The van der Waals surface area contributed by atoms with Crippen molar-refractivity contribution >= 4 is 35.1 Å². The van der Waals surface area contributed by atoms with Crippen molar-refractivity contribution in [1.82, 2.24) is 10.6 Å². The minimum absolute atomic E-state index is 0.0261. The van der Waals surface area contributed by atoms with Gasteiger partial charge in [-0.1, -0.05) is 18.0 Å². The highest BCUT2D eigenvalue weighted by Crippen LogP contribution is 2.49. The van der Waals surface area contributed by atoms with Crippen LogP contribution in [0.15, 0.2) is 18.2 Å². The maximum absolute atomic E-state index is 12.1. The average Bonchev–Trinajstić information content (AvgIpc) is 3.33. The summed E-state index contributed by atoms with van der Waals surface area (Å²) < 4.78 is 4.90. The highest BCUT2D eigenvalue weighted by Gasteiger charge is 2.42. The summed E-state index contributed by atoms with van der Waals surface area (Å²) in [5.74, 6) is 0.0430. The Labute approximate surface area is 178 Å². The van der Waals surface area contributed by atoms with Crippen molar-refractivity contribution in [3.8, 4) is 0 Å². The number of esters is 1. The molecule has 162 valence electrons. The monoisotopic (exact) mass is 437 g/mol. The maximum atomic E-state index is 12.1. The van der Waals surface area contributed by atoms with Crippen molar-refractivity contribution in [1.29, 1.82) is 0 Å². The molecule has 2 aliphatic carbocycles. The van der Waals surface area contributed by atoms with Crippen LogP contribution in [0.5, 0.6) is 0 Å². The second kappa shape index (κ2) is 9.42. The number of non-ortho nitro benzene ring substituents is 1. The largest absolute Gasteiger partial charge is 0.454 e. The molecule has 10 heteroatoms. The Morgan fingerprint density at radius 3 is 2.67 bits per heavy atom. The van der Waals surface area contributed by atoms with Crippen molar-refractivity contribution in [2.45, 2.75) is 38.6 Å². The number of halogens is 1.